The highest BCUT2D eigenvalue weighted by atomic mass is 16.1. The molecule has 1 aromatic carbocycles. The third-order valence-corrected chi connectivity index (χ3v) is 3.12. The molecule has 6 nitrogen and oxygen atoms in total. The number of anilines is 1. The monoisotopic (exact) mass is 279 g/mol. The first-order chi connectivity index (χ1) is 10.1. The Balaban J connectivity index is 2.01. The number of benzene rings is 1. The van der Waals surface area contributed by atoms with Crippen LogP contribution in [-0.4, -0.2) is 20.7 Å². The molecule has 6 heteroatoms. The fourth-order valence-electron chi connectivity index (χ4n) is 2.04. The highest BCUT2D eigenvalue weighted by molar-refractivity contribution is 5.93. The SMILES string of the molecule is NC(=O)c1ccnc(-n2cc(-c3ccccc3N)cn2)c1. The Morgan fingerprint density at radius 2 is 2.00 bits per heavy atom. The Bertz CT molecular complexity index is 809. The average Bonchev–Trinajstić information content (AvgIpc) is 2.97. The molecular formula is C15H13N5O. The van der Waals surface area contributed by atoms with Gasteiger partial charge in [0.1, 0.15) is 0 Å². The summed E-state index contributed by atoms with van der Waals surface area (Å²) >= 11 is 0. The molecule has 0 aliphatic rings. The van der Waals surface area contributed by atoms with Gasteiger partial charge in [-0.3, -0.25) is 4.79 Å². The van der Waals surface area contributed by atoms with Gasteiger partial charge in [-0.05, 0) is 18.2 Å². The maximum absolute atomic E-state index is 11.2. The summed E-state index contributed by atoms with van der Waals surface area (Å²) in [5, 5.41) is 4.25. The Labute approximate surface area is 121 Å². The van der Waals surface area contributed by atoms with Crippen molar-refractivity contribution in [3.8, 4) is 16.9 Å². The van der Waals surface area contributed by atoms with Crippen LogP contribution < -0.4 is 11.5 Å². The first-order valence-electron chi connectivity index (χ1n) is 6.31. The van der Waals surface area contributed by atoms with Crippen LogP contribution in [0.5, 0.6) is 0 Å². The van der Waals surface area contributed by atoms with Crippen molar-refractivity contribution >= 4 is 11.6 Å². The van der Waals surface area contributed by atoms with Gasteiger partial charge in [0.15, 0.2) is 5.82 Å². The van der Waals surface area contributed by atoms with Crippen LogP contribution in [0.2, 0.25) is 0 Å². The number of pyridine rings is 1. The topological polar surface area (TPSA) is 99.8 Å². The number of nitrogens with two attached hydrogens (primary N) is 2. The molecule has 104 valence electrons. The molecule has 0 bridgehead atoms. The van der Waals surface area contributed by atoms with Crippen molar-refractivity contribution in [2.24, 2.45) is 5.73 Å². The van der Waals surface area contributed by atoms with E-state index in [-0.39, 0.29) is 0 Å². The van der Waals surface area contributed by atoms with Gasteiger partial charge < -0.3 is 11.5 Å². The standard InChI is InChI=1S/C15H13N5O/c16-13-4-2-1-3-12(13)11-8-19-20(9-11)14-7-10(15(17)21)5-6-18-14/h1-9H,16H2,(H2,17,21). The number of rotatable bonds is 3. The molecule has 4 N–H and O–H groups in total. The van der Waals surface area contributed by atoms with Crippen LogP contribution in [0.25, 0.3) is 16.9 Å². The minimum atomic E-state index is -0.502. The lowest BCUT2D eigenvalue weighted by molar-refractivity contribution is 0.1000. The molecule has 3 rings (SSSR count). The van der Waals surface area contributed by atoms with Crippen molar-refractivity contribution in [1.82, 2.24) is 14.8 Å². The molecule has 0 unspecified atom stereocenters. The average molecular weight is 279 g/mol. The van der Waals surface area contributed by atoms with Crippen molar-refractivity contribution in [2.75, 3.05) is 5.73 Å². The second kappa shape index (κ2) is 5.09. The second-order valence-electron chi connectivity index (χ2n) is 4.53. The molecular weight excluding hydrogens is 266 g/mol. The van der Waals surface area contributed by atoms with E-state index >= 15 is 0 Å². The van der Waals surface area contributed by atoms with E-state index in [0.29, 0.717) is 17.1 Å². The van der Waals surface area contributed by atoms with Crippen LogP contribution in [-0.2, 0) is 0 Å². The first kappa shape index (κ1) is 12.9. The Hall–Kier alpha value is -3.15. The molecule has 1 amide bonds. The van der Waals surface area contributed by atoms with Crippen LogP contribution in [0.1, 0.15) is 10.4 Å². The Morgan fingerprint density at radius 1 is 1.19 bits per heavy atom. The normalized spacial score (nSPS) is 10.5. The Kier molecular flexibility index (Phi) is 3.12. The van der Waals surface area contributed by atoms with Gasteiger partial charge in [0.25, 0.3) is 0 Å². The molecule has 0 saturated heterocycles. The number of carbonyl (C=O) groups excluding carboxylic acids is 1. The summed E-state index contributed by atoms with van der Waals surface area (Å²) in [6.07, 6.45) is 5.02. The zero-order chi connectivity index (χ0) is 14.8. The van der Waals surface area contributed by atoms with E-state index in [1.807, 2.05) is 24.3 Å². The molecule has 2 aromatic heterocycles. The third-order valence-electron chi connectivity index (χ3n) is 3.12. The van der Waals surface area contributed by atoms with Gasteiger partial charge in [-0.2, -0.15) is 5.10 Å². The van der Waals surface area contributed by atoms with Crippen molar-refractivity contribution in [3.05, 3.63) is 60.6 Å². The summed E-state index contributed by atoms with van der Waals surface area (Å²) in [6, 6.07) is 10.7. The number of hydrogen-bond donors (Lipinski definition) is 2. The number of amides is 1. The molecule has 0 aliphatic heterocycles. The minimum Gasteiger partial charge on any atom is -0.398 e. The van der Waals surface area contributed by atoms with Gasteiger partial charge in [0.05, 0.1) is 6.20 Å². The van der Waals surface area contributed by atoms with Gasteiger partial charge in [0, 0.05) is 34.8 Å². The van der Waals surface area contributed by atoms with Crippen molar-refractivity contribution in [2.45, 2.75) is 0 Å². The van der Waals surface area contributed by atoms with Crippen LogP contribution in [0.4, 0.5) is 5.69 Å². The summed E-state index contributed by atoms with van der Waals surface area (Å²) in [5.74, 6) is 0.0189. The molecule has 0 saturated carbocycles. The van der Waals surface area contributed by atoms with Crippen LogP contribution in [0.15, 0.2) is 55.0 Å². The molecule has 0 fully saturated rings. The zero-order valence-corrected chi connectivity index (χ0v) is 11.1. The number of primary amides is 1. The molecule has 0 atom stereocenters. The number of nitrogens with zero attached hydrogens (tertiary/aromatic N) is 3. The maximum Gasteiger partial charge on any atom is 0.248 e. The van der Waals surface area contributed by atoms with Crippen molar-refractivity contribution < 1.29 is 4.79 Å². The second-order valence-corrected chi connectivity index (χ2v) is 4.53. The summed E-state index contributed by atoms with van der Waals surface area (Å²) < 4.78 is 1.58. The van der Waals surface area contributed by atoms with E-state index in [1.165, 1.54) is 6.20 Å². The lowest BCUT2D eigenvalue weighted by atomic mass is 10.1. The molecule has 0 aliphatic carbocycles. The number of para-hydroxylation sites is 1. The predicted octanol–water partition coefficient (Wildman–Crippen LogP) is 1.62. The van der Waals surface area contributed by atoms with E-state index in [0.717, 1.165) is 11.1 Å². The van der Waals surface area contributed by atoms with Crippen molar-refractivity contribution in [1.29, 1.82) is 0 Å². The van der Waals surface area contributed by atoms with Crippen molar-refractivity contribution in [3.63, 3.8) is 0 Å². The summed E-state index contributed by atoms with van der Waals surface area (Å²) in [5.41, 5.74) is 14.0. The summed E-state index contributed by atoms with van der Waals surface area (Å²) in [4.78, 5) is 15.4. The smallest absolute Gasteiger partial charge is 0.248 e. The zero-order valence-electron chi connectivity index (χ0n) is 11.1. The Morgan fingerprint density at radius 3 is 2.76 bits per heavy atom. The van der Waals surface area contributed by atoms with Gasteiger partial charge in [-0.1, -0.05) is 18.2 Å². The highest BCUT2D eigenvalue weighted by Gasteiger charge is 2.08. The lowest BCUT2D eigenvalue weighted by Crippen LogP contribution is -2.12. The van der Waals surface area contributed by atoms with Gasteiger partial charge in [0.2, 0.25) is 5.91 Å². The minimum absolute atomic E-state index is 0.385. The molecule has 21 heavy (non-hydrogen) atoms. The third kappa shape index (κ3) is 2.46. The first-order valence-corrected chi connectivity index (χ1v) is 6.31. The molecule has 0 spiro atoms. The fourth-order valence-corrected chi connectivity index (χ4v) is 2.04. The molecule has 0 radical (unpaired) electrons. The quantitative estimate of drug-likeness (QED) is 0.711. The number of hydrogen-bond acceptors (Lipinski definition) is 4. The van der Waals surface area contributed by atoms with Gasteiger partial charge in [-0.15, -0.1) is 0 Å². The van der Waals surface area contributed by atoms with E-state index < -0.39 is 5.91 Å². The van der Waals surface area contributed by atoms with Crippen LogP contribution in [0, 0.1) is 0 Å². The van der Waals surface area contributed by atoms with Gasteiger partial charge >= 0.3 is 0 Å². The summed E-state index contributed by atoms with van der Waals surface area (Å²) in [7, 11) is 0. The summed E-state index contributed by atoms with van der Waals surface area (Å²) in [6.45, 7) is 0. The number of nitrogen functional groups attached to an aromatic ring is 1. The largest absolute Gasteiger partial charge is 0.398 e. The highest BCUT2D eigenvalue weighted by Crippen LogP contribution is 2.25. The molecule has 3 aromatic rings. The van der Waals surface area contributed by atoms with Gasteiger partial charge in [-0.25, -0.2) is 9.67 Å². The van der Waals surface area contributed by atoms with Crippen LogP contribution >= 0.6 is 0 Å². The van der Waals surface area contributed by atoms with E-state index in [9.17, 15) is 4.79 Å². The maximum atomic E-state index is 11.2. The van der Waals surface area contributed by atoms with E-state index in [2.05, 4.69) is 10.1 Å². The number of aromatic nitrogens is 3. The fraction of sp³-hybridized carbons (Fsp3) is 0. The predicted molar refractivity (Wildman–Crippen MR) is 79.7 cm³/mol. The van der Waals surface area contributed by atoms with E-state index in [4.69, 9.17) is 11.5 Å². The van der Waals surface area contributed by atoms with E-state index in [1.54, 1.807) is 29.2 Å². The number of carbonyl (C=O) groups is 1. The van der Waals surface area contributed by atoms with Crippen LogP contribution in [0.3, 0.4) is 0 Å². The molecule has 2 heterocycles. The lowest BCUT2D eigenvalue weighted by Gasteiger charge is -2.02.